The van der Waals surface area contributed by atoms with Crippen LogP contribution in [0, 0.1) is 12.3 Å². The summed E-state index contributed by atoms with van der Waals surface area (Å²) in [7, 11) is 0. The standard InChI is InChI=1S/C9H15O2/c1-7(2)8(10)11-6-9(3,4)5/h1,3,6H2,2,4-5H3. The monoisotopic (exact) mass is 155 g/mol. The molecule has 0 aliphatic rings. The Balaban J connectivity index is 3.73. The number of esters is 1. The fourth-order valence-corrected chi connectivity index (χ4v) is 0.384. The summed E-state index contributed by atoms with van der Waals surface area (Å²) in [4.78, 5) is 10.8. The number of hydrogen-bond donors (Lipinski definition) is 0. The number of rotatable bonds is 3. The lowest BCUT2D eigenvalue weighted by molar-refractivity contribution is -0.141. The molecule has 2 nitrogen and oxygen atoms in total. The minimum absolute atomic E-state index is 0.217. The van der Waals surface area contributed by atoms with E-state index in [9.17, 15) is 4.79 Å². The van der Waals surface area contributed by atoms with Gasteiger partial charge in [0.25, 0.3) is 0 Å². The summed E-state index contributed by atoms with van der Waals surface area (Å²) in [5.41, 5.74) is 0.208. The van der Waals surface area contributed by atoms with Gasteiger partial charge in [-0.2, -0.15) is 0 Å². The van der Waals surface area contributed by atoms with Crippen LogP contribution in [0.25, 0.3) is 0 Å². The number of carbonyl (C=O) groups is 1. The Labute approximate surface area is 68.2 Å². The molecule has 0 fully saturated rings. The summed E-state index contributed by atoms with van der Waals surface area (Å²) >= 11 is 0. The lowest BCUT2D eigenvalue weighted by Gasteiger charge is -2.17. The van der Waals surface area contributed by atoms with Crippen molar-refractivity contribution in [3.63, 3.8) is 0 Å². The Morgan fingerprint density at radius 3 is 2.27 bits per heavy atom. The molecule has 0 amide bonds. The van der Waals surface area contributed by atoms with E-state index in [1.165, 1.54) is 0 Å². The van der Waals surface area contributed by atoms with E-state index in [0.29, 0.717) is 12.2 Å². The average Bonchev–Trinajstić information content (AvgIpc) is 1.80. The Hall–Kier alpha value is -0.790. The molecule has 0 saturated carbocycles. The molecule has 0 aromatic carbocycles. The van der Waals surface area contributed by atoms with Crippen LogP contribution in [-0.4, -0.2) is 12.6 Å². The lowest BCUT2D eigenvalue weighted by atomic mass is 9.99. The van der Waals surface area contributed by atoms with E-state index in [4.69, 9.17) is 4.74 Å². The highest BCUT2D eigenvalue weighted by atomic mass is 16.5. The predicted molar refractivity (Wildman–Crippen MR) is 44.9 cm³/mol. The van der Waals surface area contributed by atoms with Crippen LogP contribution in [0.1, 0.15) is 20.8 Å². The Kier molecular flexibility index (Phi) is 3.30. The molecule has 0 bridgehead atoms. The SMILES string of the molecule is [CH2]C(C)(C)COC(=O)C(=C)C. The first-order valence-electron chi connectivity index (χ1n) is 3.51. The first-order valence-corrected chi connectivity index (χ1v) is 3.51. The zero-order valence-electron chi connectivity index (χ0n) is 7.44. The first-order chi connectivity index (χ1) is 4.83. The van der Waals surface area contributed by atoms with Gasteiger partial charge in [-0.1, -0.05) is 20.4 Å². The van der Waals surface area contributed by atoms with Crippen molar-refractivity contribution in [3.05, 3.63) is 19.1 Å². The van der Waals surface area contributed by atoms with Crippen LogP contribution in [0.3, 0.4) is 0 Å². The maximum Gasteiger partial charge on any atom is 0.333 e. The Bertz CT molecular complexity index is 163. The summed E-state index contributed by atoms with van der Waals surface area (Å²) in [6.07, 6.45) is 0. The normalized spacial score (nSPS) is 10.9. The highest BCUT2D eigenvalue weighted by Gasteiger charge is 2.13. The van der Waals surface area contributed by atoms with Gasteiger partial charge in [0.2, 0.25) is 0 Å². The third-order valence-corrected chi connectivity index (χ3v) is 0.942. The molecule has 0 aliphatic carbocycles. The molecule has 0 spiro atoms. The van der Waals surface area contributed by atoms with Crippen LogP contribution in [0.2, 0.25) is 0 Å². The predicted octanol–water partition coefficient (Wildman–Crippen LogP) is 1.97. The van der Waals surface area contributed by atoms with E-state index >= 15 is 0 Å². The van der Waals surface area contributed by atoms with Crippen LogP contribution in [-0.2, 0) is 9.53 Å². The molecule has 0 aromatic rings. The van der Waals surface area contributed by atoms with E-state index in [-0.39, 0.29) is 11.4 Å². The van der Waals surface area contributed by atoms with E-state index in [1.54, 1.807) is 6.92 Å². The number of ether oxygens (including phenoxy) is 1. The highest BCUT2D eigenvalue weighted by molar-refractivity contribution is 5.86. The molecule has 0 unspecified atom stereocenters. The molecule has 0 aromatic heterocycles. The largest absolute Gasteiger partial charge is 0.462 e. The quantitative estimate of drug-likeness (QED) is 0.460. The van der Waals surface area contributed by atoms with Gasteiger partial charge in [-0.15, -0.1) is 0 Å². The van der Waals surface area contributed by atoms with Gasteiger partial charge in [0, 0.05) is 5.57 Å². The maximum atomic E-state index is 10.8. The molecular formula is C9H15O2. The second-order valence-electron chi connectivity index (χ2n) is 3.52. The molecule has 0 saturated heterocycles. The van der Waals surface area contributed by atoms with Gasteiger partial charge in [0.15, 0.2) is 0 Å². The second kappa shape index (κ2) is 3.56. The van der Waals surface area contributed by atoms with Gasteiger partial charge in [0.1, 0.15) is 0 Å². The van der Waals surface area contributed by atoms with Crippen LogP contribution < -0.4 is 0 Å². The molecule has 2 heteroatoms. The number of carbonyl (C=O) groups excluding carboxylic acids is 1. The third-order valence-electron chi connectivity index (χ3n) is 0.942. The fraction of sp³-hybridized carbons (Fsp3) is 0.556. The molecular weight excluding hydrogens is 140 g/mol. The minimum Gasteiger partial charge on any atom is -0.462 e. The van der Waals surface area contributed by atoms with E-state index in [0.717, 1.165) is 0 Å². The zero-order valence-corrected chi connectivity index (χ0v) is 7.44. The molecule has 63 valence electrons. The van der Waals surface area contributed by atoms with Gasteiger partial charge < -0.3 is 4.74 Å². The molecule has 1 radical (unpaired) electrons. The van der Waals surface area contributed by atoms with E-state index in [2.05, 4.69) is 13.5 Å². The summed E-state index contributed by atoms with van der Waals surface area (Å²) in [6, 6.07) is 0. The van der Waals surface area contributed by atoms with Crippen LogP contribution in [0.15, 0.2) is 12.2 Å². The molecule has 11 heavy (non-hydrogen) atoms. The summed E-state index contributed by atoms with van der Waals surface area (Å²) in [5.74, 6) is -0.346. The van der Waals surface area contributed by atoms with Crippen molar-refractivity contribution in [2.24, 2.45) is 5.41 Å². The zero-order chi connectivity index (χ0) is 9.07. The van der Waals surface area contributed by atoms with Crippen LogP contribution in [0.5, 0.6) is 0 Å². The Morgan fingerprint density at radius 2 is 2.00 bits per heavy atom. The Morgan fingerprint density at radius 1 is 1.55 bits per heavy atom. The summed E-state index contributed by atoms with van der Waals surface area (Å²) < 4.78 is 4.87. The average molecular weight is 155 g/mol. The van der Waals surface area contributed by atoms with Crippen molar-refractivity contribution in [2.75, 3.05) is 6.61 Å². The van der Waals surface area contributed by atoms with Crippen molar-refractivity contribution in [1.82, 2.24) is 0 Å². The van der Waals surface area contributed by atoms with Gasteiger partial charge in [-0.05, 0) is 19.3 Å². The van der Waals surface area contributed by atoms with Crippen LogP contribution in [0.4, 0.5) is 0 Å². The molecule has 0 N–H and O–H groups in total. The minimum atomic E-state index is -0.346. The maximum absolute atomic E-state index is 10.8. The van der Waals surface area contributed by atoms with Crippen molar-refractivity contribution in [1.29, 1.82) is 0 Å². The van der Waals surface area contributed by atoms with Crippen molar-refractivity contribution < 1.29 is 9.53 Å². The summed E-state index contributed by atoms with van der Waals surface area (Å²) in [5, 5.41) is 0. The highest BCUT2D eigenvalue weighted by Crippen LogP contribution is 2.12. The van der Waals surface area contributed by atoms with Gasteiger partial charge >= 0.3 is 5.97 Å². The van der Waals surface area contributed by atoms with Gasteiger partial charge in [-0.3, -0.25) is 0 Å². The smallest absolute Gasteiger partial charge is 0.333 e. The lowest BCUT2D eigenvalue weighted by Crippen LogP contribution is -2.18. The fourth-order valence-electron chi connectivity index (χ4n) is 0.384. The topological polar surface area (TPSA) is 26.3 Å². The summed E-state index contributed by atoms with van der Waals surface area (Å²) in [6.45, 7) is 13.0. The molecule has 0 aliphatic heterocycles. The van der Waals surface area contributed by atoms with Crippen molar-refractivity contribution in [3.8, 4) is 0 Å². The second-order valence-corrected chi connectivity index (χ2v) is 3.52. The van der Waals surface area contributed by atoms with E-state index < -0.39 is 0 Å². The molecule has 0 atom stereocenters. The molecule has 0 heterocycles. The van der Waals surface area contributed by atoms with Crippen molar-refractivity contribution >= 4 is 5.97 Å². The van der Waals surface area contributed by atoms with Crippen molar-refractivity contribution in [2.45, 2.75) is 20.8 Å². The number of hydrogen-bond acceptors (Lipinski definition) is 2. The van der Waals surface area contributed by atoms with Gasteiger partial charge in [-0.25, -0.2) is 4.79 Å². The van der Waals surface area contributed by atoms with Crippen LogP contribution >= 0.6 is 0 Å². The van der Waals surface area contributed by atoms with E-state index in [1.807, 2.05) is 13.8 Å². The molecule has 0 rings (SSSR count). The third kappa shape index (κ3) is 5.64. The van der Waals surface area contributed by atoms with Gasteiger partial charge in [0.05, 0.1) is 6.61 Å². The first kappa shape index (κ1) is 10.2.